The van der Waals surface area contributed by atoms with Crippen molar-refractivity contribution in [1.82, 2.24) is 4.57 Å². The zero-order valence-electron chi connectivity index (χ0n) is 12.3. The van der Waals surface area contributed by atoms with Gasteiger partial charge in [0, 0.05) is 12.3 Å². The van der Waals surface area contributed by atoms with Gasteiger partial charge in [-0.15, -0.1) is 0 Å². The molecule has 0 bridgehead atoms. The van der Waals surface area contributed by atoms with Crippen LogP contribution in [0.3, 0.4) is 0 Å². The molecule has 0 amide bonds. The van der Waals surface area contributed by atoms with Crippen LogP contribution in [0.2, 0.25) is 0 Å². The Kier molecular flexibility index (Phi) is 3.70. The first-order valence-corrected chi connectivity index (χ1v) is 7.07. The molecular weight excluding hydrogens is 265 g/mol. The molecule has 0 saturated carbocycles. The topological polar surface area (TPSA) is 40.5 Å². The fourth-order valence-electron chi connectivity index (χ4n) is 2.39. The third-order valence-corrected chi connectivity index (χ3v) is 3.48. The molecule has 1 aliphatic rings. The molecule has 1 saturated heterocycles. The fraction of sp³-hybridized carbons (Fsp3) is 0.312. The van der Waals surface area contributed by atoms with E-state index in [4.69, 9.17) is 9.31 Å². The number of rotatable bonds is 3. The van der Waals surface area contributed by atoms with E-state index in [1.54, 1.807) is 16.7 Å². The minimum Gasteiger partial charge on any atom is -0.404 e. The lowest BCUT2D eigenvalue weighted by molar-refractivity contribution is 0.137. The molecule has 1 aliphatic heterocycles. The van der Waals surface area contributed by atoms with Crippen molar-refractivity contribution in [1.29, 1.82) is 0 Å². The molecule has 21 heavy (non-hydrogen) atoms. The van der Waals surface area contributed by atoms with E-state index in [2.05, 4.69) is 0 Å². The summed E-state index contributed by atoms with van der Waals surface area (Å²) in [5.41, 5.74) is 1.65. The van der Waals surface area contributed by atoms with Gasteiger partial charge in [-0.2, -0.15) is 0 Å². The third kappa shape index (κ3) is 3.25. The van der Waals surface area contributed by atoms with Gasteiger partial charge < -0.3 is 13.9 Å². The van der Waals surface area contributed by atoms with Crippen LogP contribution in [0.25, 0.3) is 0 Å². The molecule has 4 nitrogen and oxygen atoms in total. The number of nitrogens with zero attached hydrogens (tertiary/aromatic N) is 1. The van der Waals surface area contributed by atoms with Crippen LogP contribution in [-0.2, 0) is 15.9 Å². The summed E-state index contributed by atoms with van der Waals surface area (Å²) in [4.78, 5) is 12.0. The Morgan fingerprint density at radius 2 is 1.95 bits per heavy atom. The summed E-state index contributed by atoms with van der Waals surface area (Å²) in [5.74, 6) is 0. The second-order valence-corrected chi connectivity index (χ2v) is 5.93. The highest BCUT2D eigenvalue weighted by Gasteiger charge is 2.38. The van der Waals surface area contributed by atoms with Gasteiger partial charge in [-0.25, -0.2) is 0 Å². The summed E-state index contributed by atoms with van der Waals surface area (Å²) in [6.45, 7) is 5.08. The molecule has 0 spiro atoms. The van der Waals surface area contributed by atoms with Gasteiger partial charge >= 0.3 is 7.12 Å². The molecule has 0 atom stereocenters. The number of hydrogen-bond acceptors (Lipinski definition) is 3. The Labute approximate surface area is 124 Å². The molecule has 0 unspecified atom stereocenters. The highest BCUT2D eigenvalue weighted by atomic mass is 16.7. The molecule has 5 heteroatoms. The van der Waals surface area contributed by atoms with Crippen LogP contribution in [0, 0.1) is 0 Å². The van der Waals surface area contributed by atoms with E-state index in [1.807, 2.05) is 50.4 Å². The van der Waals surface area contributed by atoms with Crippen LogP contribution in [-0.4, -0.2) is 23.9 Å². The fourth-order valence-corrected chi connectivity index (χ4v) is 2.39. The van der Waals surface area contributed by atoms with Gasteiger partial charge in [0.1, 0.15) is 0 Å². The van der Waals surface area contributed by atoms with E-state index < -0.39 is 7.12 Å². The van der Waals surface area contributed by atoms with Crippen molar-refractivity contribution in [3.8, 4) is 0 Å². The lowest BCUT2D eigenvalue weighted by Gasteiger charge is -2.16. The van der Waals surface area contributed by atoms with Gasteiger partial charge in [-0.1, -0.05) is 36.4 Å². The standard InChI is InChI=1S/C16H18BNO3/c1-16(2)12-20-17(21-16)14-8-9-15(19)18(11-14)10-13-6-4-3-5-7-13/h3-9,11H,10,12H2,1-2H3. The smallest absolute Gasteiger partial charge is 0.404 e. The average molecular weight is 283 g/mol. The zero-order chi connectivity index (χ0) is 14.9. The summed E-state index contributed by atoms with van der Waals surface area (Å²) in [6.07, 6.45) is 1.82. The SMILES string of the molecule is CC1(C)COB(c2ccc(=O)n(Cc3ccccc3)c2)O1. The first kappa shape index (κ1) is 14.1. The largest absolute Gasteiger partial charge is 0.495 e. The molecule has 3 rings (SSSR count). The molecule has 0 N–H and O–H groups in total. The van der Waals surface area contributed by atoms with E-state index in [1.165, 1.54) is 0 Å². The van der Waals surface area contributed by atoms with E-state index in [9.17, 15) is 4.79 Å². The first-order chi connectivity index (χ1) is 10.0. The van der Waals surface area contributed by atoms with Crippen molar-refractivity contribution in [2.24, 2.45) is 0 Å². The van der Waals surface area contributed by atoms with Gasteiger partial charge in [0.15, 0.2) is 0 Å². The number of hydrogen-bond donors (Lipinski definition) is 0. The maximum atomic E-state index is 12.0. The van der Waals surface area contributed by atoms with Crippen LogP contribution in [0.4, 0.5) is 0 Å². The Balaban J connectivity index is 1.85. The summed E-state index contributed by atoms with van der Waals surface area (Å²) >= 11 is 0. The van der Waals surface area contributed by atoms with Gasteiger partial charge in [0.05, 0.1) is 18.8 Å². The first-order valence-electron chi connectivity index (χ1n) is 7.07. The monoisotopic (exact) mass is 283 g/mol. The minimum atomic E-state index is -0.400. The number of pyridine rings is 1. The molecule has 2 aromatic rings. The highest BCUT2D eigenvalue weighted by molar-refractivity contribution is 6.61. The normalized spacial score (nSPS) is 17.1. The predicted molar refractivity (Wildman–Crippen MR) is 82.8 cm³/mol. The Bertz CT molecular complexity index is 681. The van der Waals surface area contributed by atoms with Gasteiger partial charge in [0.25, 0.3) is 5.56 Å². The summed E-state index contributed by atoms with van der Waals surface area (Å²) in [5, 5.41) is 0. The van der Waals surface area contributed by atoms with Gasteiger partial charge in [0.2, 0.25) is 0 Å². The van der Waals surface area contributed by atoms with E-state index in [0.29, 0.717) is 13.2 Å². The molecule has 1 fully saturated rings. The van der Waals surface area contributed by atoms with Crippen molar-refractivity contribution in [3.05, 3.63) is 64.6 Å². The van der Waals surface area contributed by atoms with Crippen molar-refractivity contribution >= 4 is 12.6 Å². The van der Waals surface area contributed by atoms with Crippen molar-refractivity contribution in [3.63, 3.8) is 0 Å². The van der Waals surface area contributed by atoms with Crippen LogP contribution in [0.5, 0.6) is 0 Å². The molecule has 1 aromatic carbocycles. The third-order valence-electron chi connectivity index (χ3n) is 3.48. The maximum Gasteiger partial charge on any atom is 0.495 e. The average Bonchev–Trinajstić information content (AvgIpc) is 2.83. The molecular formula is C16H18BNO3. The van der Waals surface area contributed by atoms with E-state index >= 15 is 0 Å². The molecule has 108 valence electrons. The predicted octanol–water partition coefficient (Wildman–Crippen LogP) is 1.42. The van der Waals surface area contributed by atoms with Crippen LogP contribution >= 0.6 is 0 Å². The molecule has 0 radical (unpaired) electrons. The molecule has 2 heterocycles. The molecule has 0 aliphatic carbocycles. The van der Waals surface area contributed by atoms with Gasteiger partial charge in [-0.05, 0) is 24.9 Å². The quantitative estimate of drug-likeness (QED) is 0.800. The van der Waals surface area contributed by atoms with Crippen molar-refractivity contribution < 1.29 is 9.31 Å². The van der Waals surface area contributed by atoms with Crippen LogP contribution < -0.4 is 11.0 Å². The second kappa shape index (κ2) is 5.50. The Hall–Kier alpha value is -1.85. The van der Waals surface area contributed by atoms with E-state index in [-0.39, 0.29) is 11.2 Å². The van der Waals surface area contributed by atoms with Crippen LogP contribution in [0.1, 0.15) is 19.4 Å². The Morgan fingerprint density at radius 3 is 2.62 bits per heavy atom. The number of benzene rings is 1. The lowest BCUT2D eigenvalue weighted by atomic mass is 9.80. The summed E-state index contributed by atoms with van der Waals surface area (Å²) in [7, 11) is -0.400. The number of aromatic nitrogens is 1. The Morgan fingerprint density at radius 1 is 1.19 bits per heavy atom. The van der Waals surface area contributed by atoms with E-state index in [0.717, 1.165) is 11.0 Å². The van der Waals surface area contributed by atoms with Crippen LogP contribution in [0.15, 0.2) is 53.5 Å². The van der Waals surface area contributed by atoms with Crippen molar-refractivity contribution in [2.45, 2.75) is 26.0 Å². The zero-order valence-corrected chi connectivity index (χ0v) is 12.3. The highest BCUT2D eigenvalue weighted by Crippen LogP contribution is 2.19. The minimum absolute atomic E-state index is 0.0279. The lowest BCUT2D eigenvalue weighted by Crippen LogP contribution is -2.37. The molecule has 1 aromatic heterocycles. The second-order valence-electron chi connectivity index (χ2n) is 5.93. The summed E-state index contributed by atoms with van der Waals surface area (Å²) < 4.78 is 13.2. The summed E-state index contributed by atoms with van der Waals surface area (Å²) in [6, 6.07) is 13.2. The van der Waals surface area contributed by atoms with Crippen molar-refractivity contribution in [2.75, 3.05) is 6.61 Å². The maximum absolute atomic E-state index is 12.0. The van der Waals surface area contributed by atoms with Gasteiger partial charge in [-0.3, -0.25) is 4.79 Å².